The fourth-order valence-corrected chi connectivity index (χ4v) is 3.39. The van der Waals surface area contributed by atoms with E-state index in [-0.39, 0.29) is 24.0 Å². The average molecular weight is 276 g/mol. The summed E-state index contributed by atoms with van der Waals surface area (Å²) in [5.74, 6) is -1.20. The van der Waals surface area contributed by atoms with Gasteiger partial charge in [0, 0.05) is 0 Å². The van der Waals surface area contributed by atoms with Crippen molar-refractivity contribution in [2.45, 2.75) is 12.2 Å². The van der Waals surface area contributed by atoms with Gasteiger partial charge in [-0.05, 0) is 12.1 Å². The maximum Gasteiger partial charge on any atom is 0.240 e. The van der Waals surface area contributed by atoms with Gasteiger partial charge in [0.2, 0.25) is 11.8 Å². The summed E-state index contributed by atoms with van der Waals surface area (Å²) in [6, 6.07) is 6.90. The second-order valence-electron chi connectivity index (χ2n) is 4.97. The van der Waals surface area contributed by atoms with Crippen molar-refractivity contribution in [1.82, 2.24) is 0 Å². The lowest BCUT2D eigenvalue weighted by Gasteiger charge is -2.18. The quantitative estimate of drug-likeness (QED) is 0.580. The Morgan fingerprint density at radius 3 is 2.16 bits per heavy atom. The van der Waals surface area contributed by atoms with E-state index in [1.807, 2.05) is 12.2 Å². The van der Waals surface area contributed by atoms with Gasteiger partial charge in [-0.25, -0.2) is 4.90 Å². The van der Waals surface area contributed by atoms with Crippen molar-refractivity contribution in [3.63, 3.8) is 0 Å². The van der Waals surface area contributed by atoms with E-state index in [2.05, 4.69) is 0 Å². The van der Waals surface area contributed by atoms with Crippen LogP contribution in [0.2, 0.25) is 5.02 Å². The Morgan fingerprint density at radius 1 is 1.00 bits per heavy atom. The zero-order valence-electron chi connectivity index (χ0n) is 9.82. The molecule has 0 spiro atoms. The van der Waals surface area contributed by atoms with Gasteiger partial charge in [-0.2, -0.15) is 0 Å². The molecule has 3 aliphatic rings. The SMILES string of the molecule is O=C1[C@@H]2[C@H](C(=O)N1c1ccccc1Cl)[C@@H]1C=C[C@H]2O1. The molecule has 2 bridgehead atoms. The number of hydrogen-bond donors (Lipinski definition) is 0. The third-order valence-electron chi connectivity index (χ3n) is 4.00. The predicted octanol–water partition coefficient (Wildman–Crippen LogP) is 1.78. The van der Waals surface area contributed by atoms with Crippen LogP contribution < -0.4 is 4.90 Å². The van der Waals surface area contributed by atoms with E-state index in [4.69, 9.17) is 16.3 Å². The Hall–Kier alpha value is -1.65. The van der Waals surface area contributed by atoms with Crippen molar-refractivity contribution in [2.75, 3.05) is 4.90 Å². The molecule has 19 heavy (non-hydrogen) atoms. The molecule has 0 unspecified atom stereocenters. The molecular weight excluding hydrogens is 266 g/mol. The van der Waals surface area contributed by atoms with E-state index in [1.54, 1.807) is 24.3 Å². The van der Waals surface area contributed by atoms with Crippen LogP contribution in [0.25, 0.3) is 0 Å². The van der Waals surface area contributed by atoms with E-state index >= 15 is 0 Å². The minimum absolute atomic E-state index is 0.208. The lowest BCUT2D eigenvalue weighted by molar-refractivity contribution is -0.124. The number of anilines is 1. The second-order valence-corrected chi connectivity index (χ2v) is 5.37. The molecule has 3 aliphatic heterocycles. The van der Waals surface area contributed by atoms with Gasteiger partial charge in [0.15, 0.2) is 0 Å². The molecule has 0 aliphatic carbocycles. The first-order chi connectivity index (χ1) is 9.18. The minimum atomic E-state index is -0.390. The molecule has 2 fully saturated rings. The second kappa shape index (κ2) is 3.68. The molecule has 4 nitrogen and oxygen atoms in total. The highest BCUT2D eigenvalue weighted by atomic mass is 35.5. The summed E-state index contributed by atoms with van der Waals surface area (Å²) in [6.45, 7) is 0. The van der Waals surface area contributed by atoms with Crippen molar-refractivity contribution in [3.8, 4) is 0 Å². The molecule has 2 amide bonds. The number of rotatable bonds is 1. The summed E-state index contributed by atoms with van der Waals surface area (Å²) in [7, 11) is 0. The summed E-state index contributed by atoms with van der Waals surface area (Å²) in [4.78, 5) is 26.2. The first-order valence-electron chi connectivity index (χ1n) is 6.14. The van der Waals surface area contributed by atoms with Crippen molar-refractivity contribution >= 4 is 29.1 Å². The number of halogens is 1. The van der Waals surface area contributed by atoms with Crippen molar-refractivity contribution < 1.29 is 14.3 Å². The highest BCUT2D eigenvalue weighted by Gasteiger charge is 2.61. The normalized spacial score (nSPS) is 35.3. The number of imide groups is 1. The van der Waals surface area contributed by atoms with Crippen molar-refractivity contribution in [1.29, 1.82) is 0 Å². The van der Waals surface area contributed by atoms with Crippen LogP contribution in [0.1, 0.15) is 0 Å². The number of carbonyl (C=O) groups excluding carboxylic acids is 2. The summed E-state index contributed by atoms with van der Waals surface area (Å²) in [6.07, 6.45) is 3.21. The van der Waals surface area contributed by atoms with Crippen LogP contribution in [0, 0.1) is 11.8 Å². The largest absolute Gasteiger partial charge is 0.365 e. The first kappa shape index (κ1) is 11.2. The van der Waals surface area contributed by atoms with Crippen LogP contribution in [0.15, 0.2) is 36.4 Å². The number of carbonyl (C=O) groups is 2. The molecule has 0 saturated carbocycles. The molecule has 4 atom stereocenters. The van der Waals surface area contributed by atoms with Gasteiger partial charge in [-0.1, -0.05) is 35.9 Å². The third kappa shape index (κ3) is 1.33. The summed E-state index contributed by atoms with van der Waals surface area (Å²) >= 11 is 6.09. The highest BCUT2D eigenvalue weighted by Crippen LogP contribution is 2.47. The maximum atomic E-state index is 12.5. The number of nitrogens with zero attached hydrogens (tertiary/aromatic N) is 1. The average Bonchev–Trinajstić information content (AvgIpc) is 3.06. The molecule has 2 saturated heterocycles. The highest BCUT2D eigenvalue weighted by molar-refractivity contribution is 6.36. The molecule has 1 aromatic carbocycles. The topological polar surface area (TPSA) is 46.6 Å². The fraction of sp³-hybridized carbons (Fsp3) is 0.286. The lowest BCUT2D eigenvalue weighted by atomic mass is 9.85. The molecule has 1 aromatic rings. The number of hydrogen-bond acceptors (Lipinski definition) is 3. The van der Waals surface area contributed by atoms with E-state index in [1.165, 1.54) is 4.90 Å². The summed E-state index contributed by atoms with van der Waals surface area (Å²) in [5, 5.41) is 0.408. The number of fused-ring (bicyclic) bond motifs is 5. The first-order valence-corrected chi connectivity index (χ1v) is 6.52. The summed E-state index contributed by atoms with van der Waals surface area (Å²) < 4.78 is 5.58. The Balaban J connectivity index is 1.79. The number of benzene rings is 1. The summed E-state index contributed by atoms with van der Waals surface area (Å²) in [5.41, 5.74) is 0.466. The van der Waals surface area contributed by atoms with Crippen LogP contribution >= 0.6 is 11.6 Å². The zero-order chi connectivity index (χ0) is 13.1. The Labute approximate surface area is 114 Å². The van der Waals surface area contributed by atoms with Crippen molar-refractivity contribution in [2.24, 2.45) is 11.8 Å². The molecular formula is C14H10ClNO3. The van der Waals surface area contributed by atoms with Gasteiger partial charge in [-0.3, -0.25) is 9.59 Å². The molecule has 0 radical (unpaired) electrons. The molecule has 0 aromatic heterocycles. The monoisotopic (exact) mass is 275 g/mol. The Bertz CT molecular complexity index is 597. The van der Waals surface area contributed by atoms with E-state index in [0.29, 0.717) is 10.7 Å². The van der Waals surface area contributed by atoms with Crippen molar-refractivity contribution in [3.05, 3.63) is 41.4 Å². The van der Waals surface area contributed by atoms with Crippen LogP contribution in [-0.2, 0) is 14.3 Å². The maximum absolute atomic E-state index is 12.5. The molecule has 4 rings (SSSR count). The van der Waals surface area contributed by atoms with E-state index < -0.39 is 11.8 Å². The van der Waals surface area contributed by atoms with Gasteiger partial charge < -0.3 is 4.74 Å². The smallest absolute Gasteiger partial charge is 0.240 e. The Kier molecular flexibility index (Phi) is 2.17. The molecule has 96 valence electrons. The predicted molar refractivity (Wildman–Crippen MR) is 68.7 cm³/mol. The fourth-order valence-electron chi connectivity index (χ4n) is 3.17. The third-order valence-corrected chi connectivity index (χ3v) is 4.32. The van der Waals surface area contributed by atoms with Gasteiger partial charge >= 0.3 is 0 Å². The zero-order valence-corrected chi connectivity index (χ0v) is 10.6. The van der Waals surface area contributed by atoms with Gasteiger partial charge in [0.05, 0.1) is 34.8 Å². The van der Waals surface area contributed by atoms with Gasteiger partial charge in [-0.15, -0.1) is 0 Å². The van der Waals surface area contributed by atoms with Crippen LogP contribution in [0.3, 0.4) is 0 Å². The van der Waals surface area contributed by atoms with Crippen LogP contribution in [-0.4, -0.2) is 24.0 Å². The molecule has 5 heteroatoms. The van der Waals surface area contributed by atoms with Gasteiger partial charge in [0.25, 0.3) is 0 Å². The lowest BCUT2D eigenvalue weighted by Crippen LogP contribution is -2.34. The number of amides is 2. The number of para-hydroxylation sites is 1. The Morgan fingerprint density at radius 2 is 1.58 bits per heavy atom. The number of ether oxygens (including phenoxy) is 1. The van der Waals surface area contributed by atoms with Crippen LogP contribution in [0.5, 0.6) is 0 Å². The van der Waals surface area contributed by atoms with Crippen LogP contribution in [0.4, 0.5) is 5.69 Å². The minimum Gasteiger partial charge on any atom is -0.365 e. The van der Waals surface area contributed by atoms with E-state index in [9.17, 15) is 9.59 Å². The molecule has 3 heterocycles. The molecule has 0 N–H and O–H groups in total. The van der Waals surface area contributed by atoms with Gasteiger partial charge in [0.1, 0.15) is 0 Å². The van der Waals surface area contributed by atoms with E-state index in [0.717, 1.165) is 0 Å². The standard InChI is InChI=1S/C14H10ClNO3/c15-7-3-1-2-4-8(7)16-13(17)11-9-5-6-10(19-9)12(11)14(16)18/h1-6,9-12H/t9-,10+,11+,12-.